The Morgan fingerprint density at radius 1 is 1.29 bits per heavy atom. The molecule has 1 aromatic heterocycles. The van der Waals surface area contributed by atoms with Crippen molar-refractivity contribution in [2.75, 3.05) is 5.75 Å². The molecule has 6 heteroatoms. The van der Waals surface area contributed by atoms with Crippen LogP contribution in [0.15, 0.2) is 39.9 Å². The minimum absolute atomic E-state index is 0.0196. The van der Waals surface area contributed by atoms with Crippen LogP contribution in [0.25, 0.3) is 0 Å². The summed E-state index contributed by atoms with van der Waals surface area (Å²) in [6.07, 6.45) is 0.987. The van der Waals surface area contributed by atoms with Gasteiger partial charge in [-0.25, -0.2) is 13.2 Å². The molecule has 0 aliphatic carbocycles. The third kappa shape index (κ3) is 3.71. The zero-order valence-electron chi connectivity index (χ0n) is 11.6. The van der Waals surface area contributed by atoms with Gasteiger partial charge < -0.3 is 5.11 Å². The van der Waals surface area contributed by atoms with Crippen LogP contribution in [0.5, 0.6) is 0 Å². The van der Waals surface area contributed by atoms with E-state index in [1.807, 2.05) is 23.8 Å². The van der Waals surface area contributed by atoms with Crippen LogP contribution in [0, 0.1) is 0 Å². The van der Waals surface area contributed by atoms with Gasteiger partial charge in [0.1, 0.15) is 0 Å². The third-order valence-electron chi connectivity index (χ3n) is 3.29. The van der Waals surface area contributed by atoms with Gasteiger partial charge in [-0.3, -0.25) is 0 Å². The lowest BCUT2D eigenvalue weighted by Gasteiger charge is -2.08. The first-order valence-electron chi connectivity index (χ1n) is 6.54. The molecular formula is C15H16O4S2. The molecule has 0 spiro atoms. The van der Waals surface area contributed by atoms with Gasteiger partial charge >= 0.3 is 5.97 Å². The number of aromatic carboxylic acids is 1. The first-order valence-corrected chi connectivity index (χ1v) is 9.13. The topological polar surface area (TPSA) is 71.4 Å². The molecule has 1 N–H and O–H groups in total. The highest BCUT2D eigenvalue weighted by Gasteiger charge is 2.18. The van der Waals surface area contributed by atoms with Crippen LogP contribution >= 0.6 is 11.3 Å². The van der Waals surface area contributed by atoms with Crippen molar-refractivity contribution in [3.8, 4) is 0 Å². The standard InChI is InChI=1S/C15H16O4S2/c1-2-12-3-4-13(9-14(12)15(16)17)21(18,19)8-6-11-5-7-20-10-11/h3-5,7,9-10H,2,6,8H2,1H3,(H,16,17). The molecule has 0 atom stereocenters. The number of rotatable bonds is 6. The molecule has 2 aromatic rings. The van der Waals surface area contributed by atoms with Crippen LogP contribution in [0.3, 0.4) is 0 Å². The van der Waals surface area contributed by atoms with Crippen LogP contribution in [0.2, 0.25) is 0 Å². The average Bonchev–Trinajstić information content (AvgIpc) is 2.97. The van der Waals surface area contributed by atoms with Gasteiger partial charge in [0.2, 0.25) is 0 Å². The Kier molecular flexibility index (Phi) is 4.80. The van der Waals surface area contributed by atoms with Gasteiger partial charge in [-0.05, 0) is 52.9 Å². The first-order chi connectivity index (χ1) is 9.94. The Bertz CT molecular complexity index is 731. The highest BCUT2D eigenvalue weighted by atomic mass is 32.2. The second-order valence-corrected chi connectivity index (χ2v) is 7.57. The van der Waals surface area contributed by atoms with Crippen LogP contribution in [0.4, 0.5) is 0 Å². The van der Waals surface area contributed by atoms with E-state index in [4.69, 9.17) is 0 Å². The molecule has 0 saturated heterocycles. The van der Waals surface area contributed by atoms with Crippen molar-refractivity contribution < 1.29 is 18.3 Å². The van der Waals surface area contributed by atoms with E-state index in [9.17, 15) is 18.3 Å². The van der Waals surface area contributed by atoms with Crippen molar-refractivity contribution in [1.29, 1.82) is 0 Å². The van der Waals surface area contributed by atoms with Gasteiger partial charge in [-0.1, -0.05) is 13.0 Å². The van der Waals surface area contributed by atoms with Crippen molar-refractivity contribution >= 4 is 27.1 Å². The summed E-state index contributed by atoms with van der Waals surface area (Å²) in [5.41, 5.74) is 1.68. The molecule has 0 unspecified atom stereocenters. The maximum absolute atomic E-state index is 12.3. The molecule has 0 saturated carbocycles. The van der Waals surface area contributed by atoms with E-state index in [-0.39, 0.29) is 16.2 Å². The predicted octanol–water partition coefficient (Wildman–Crippen LogP) is 3.03. The summed E-state index contributed by atoms with van der Waals surface area (Å²) in [4.78, 5) is 11.3. The molecule has 112 valence electrons. The summed E-state index contributed by atoms with van der Waals surface area (Å²) in [6, 6.07) is 6.24. The second kappa shape index (κ2) is 6.41. The van der Waals surface area contributed by atoms with Crippen molar-refractivity contribution in [3.05, 3.63) is 51.7 Å². The Morgan fingerprint density at radius 3 is 2.62 bits per heavy atom. The first kappa shape index (κ1) is 15.7. The number of hydrogen-bond donors (Lipinski definition) is 1. The van der Waals surface area contributed by atoms with Gasteiger partial charge in [0.05, 0.1) is 16.2 Å². The smallest absolute Gasteiger partial charge is 0.336 e. The van der Waals surface area contributed by atoms with E-state index in [1.54, 1.807) is 6.07 Å². The molecule has 2 rings (SSSR count). The Morgan fingerprint density at radius 2 is 2.05 bits per heavy atom. The average molecular weight is 324 g/mol. The van der Waals surface area contributed by atoms with E-state index in [0.29, 0.717) is 18.4 Å². The molecule has 0 aliphatic rings. The number of hydrogen-bond acceptors (Lipinski definition) is 4. The number of carbonyl (C=O) groups is 1. The molecule has 0 fully saturated rings. The Labute approximate surface area is 128 Å². The van der Waals surface area contributed by atoms with Crippen molar-refractivity contribution in [2.24, 2.45) is 0 Å². The molecule has 1 heterocycles. The molecule has 0 amide bonds. The van der Waals surface area contributed by atoms with Gasteiger partial charge in [-0.15, -0.1) is 0 Å². The number of aryl methyl sites for hydroxylation is 2. The number of carboxylic acids is 1. The van der Waals surface area contributed by atoms with Crippen LogP contribution in [0.1, 0.15) is 28.4 Å². The van der Waals surface area contributed by atoms with Crippen LogP contribution in [-0.4, -0.2) is 25.2 Å². The normalized spacial score (nSPS) is 11.5. The molecule has 0 aliphatic heterocycles. The lowest BCUT2D eigenvalue weighted by Crippen LogP contribution is -2.11. The number of sulfone groups is 1. The van der Waals surface area contributed by atoms with Crippen LogP contribution in [-0.2, 0) is 22.7 Å². The van der Waals surface area contributed by atoms with Gasteiger partial charge in [0, 0.05) is 0 Å². The summed E-state index contributed by atoms with van der Waals surface area (Å²) in [6.45, 7) is 1.84. The zero-order valence-corrected chi connectivity index (χ0v) is 13.2. The molecular weight excluding hydrogens is 308 g/mol. The van der Waals surface area contributed by atoms with E-state index >= 15 is 0 Å². The lowest BCUT2D eigenvalue weighted by molar-refractivity contribution is 0.0695. The minimum Gasteiger partial charge on any atom is -0.478 e. The quantitative estimate of drug-likeness (QED) is 0.886. The summed E-state index contributed by atoms with van der Waals surface area (Å²) < 4.78 is 24.6. The van der Waals surface area contributed by atoms with E-state index < -0.39 is 15.8 Å². The maximum Gasteiger partial charge on any atom is 0.336 e. The fourth-order valence-corrected chi connectivity index (χ4v) is 4.08. The van der Waals surface area contributed by atoms with Gasteiger partial charge in [0.25, 0.3) is 0 Å². The van der Waals surface area contributed by atoms with E-state index in [1.165, 1.54) is 23.5 Å². The molecule has 4 nitrogen and oxygen atoms in total. The highest BCUT2D eigenvalue weighted by molar-refractivity contribution is 7.91. The van der Waals surface area contributed by atoms with Crippen molar-refractivity contribution in [1.82, 2.24) is 0 Å². The SMILES string of the molecule is CCc1ccc(S(=O)(=O)CCc2ccsc2)cc1C(=O)O. The summed E-state index contributed by atoms with van der Waals surface area (Å²) in [7, 11) is -3.48. The van der Waals surface area contributed by atoms with E-state index in [0.717, 1.165) is 5.56 Å². The largest absolute Gasteiger partial charge is 0.478 e. The van der Waals surface area contributed by atoms with Crippen LogP contribution < -0.4 is 0 Å². The van der Waals surface area contributed by atoms with Crippen molar-refractivity contribution in [3.63, 3.8) is 0 Å². The number of benzene rings is 1. The number of carboxylic acid groups (broad SMARTS) is 1. The summed E-state index contributed by atoms with van der Waals surface area (Å²) in [5, 5.41) is 13.0. The summed E-state index contributed by atoms with van der Waals surface area (Å²) in [5.74, 6) is -1.12. The van der Waals surface area contributed by atoms with Gasteiger partial charge in [-0.2, -0.15) is 11.3 Å². The maximum atomic E-state index is 12.3. The molecule has 0 radical (unpaired) electrons. The zero-order chi connectivity index (χ0) is 15.5. The van der Waals surface area contributed by atoms with E-state index in [2.05, 4.69) is 0 Å². The number of thiophene rings is 1. The highest BCUT2D eigenvalue weighted by Crippen LogP contribution is 2.19. The second-order valence-electron chi connectivity index (χ2n) is 4.68. The van der Waals surface area contributed by atoms with Gasteiger partial charge in [0.15, 0.2) is 9.84 Å². The lowest BCUT2D eigenvalue weighted by atomic mass is 10.1. The Balaban J connectivity index is 2.27. The Hall–Kier alpha value is -1.66. The predicted molar refractivity (Wildman–Crippen MR) is 82.9 cm³/mol. The minimum atomic E-state index is -3.48. The monoisotopic (exact) mass is 324 g/mol. The molecule has 1 aromatic carbocycles. The van der Waals surface area contributed by atoms with Crippen molar-refractivity contribution in [2.45, 2.75) is 24.7 Å². The molecule has 0 bridgehead atoms. The molecule has 21 heavy (non-hydrogen) atoms. The fraction of sp³-hybridized carbons (Fsp3) is 0.267. The summed E-state index contributed by atoms with van der Waals surface area (Å²) >= 11 is 1.52. The third-order valence-corrected chi connectivity index (χ3v) is 5.74. The fourth-order valence-electron chi connectivity index (χ4n) is 2.06.